The lowest BCUT2D eigenvalue weighted by molar-refractivity contribution is -0.0987. The summed E-state index contributed by atoms with van der Waals surface area (Å²) in [6.45, 7) is 7.51. The van der Waals surface area contributed by atoms with Gasteiger partial charge in [0.2, 0.25) is 0 Å². The van der Waals surface area contributed by atoms with E-state index in [1.165, 1.54) is 0 Å². The lowest BCUT2D eigenvalue weighted by atomic mass is 9.80. The summed E-state index contributed by atoms with van der Waals surface area (Å²) < 4.78 is 13.2. The van der Waals surface area contributed by atoms with Crippen LogP contribution in [0.5, 0.6) is 0 Å². The first-order valence-electron chi connectivity index (χ1n) is 7.44. The molecule has 1 atom stereocenters. The largest absolute Gasteiger partial charge is 0.510 e. The first kappa shape index (κ1) is 16.5. The van der Waals surface area contributed by atoms with Gasteiger partial charge in [0.1, 0.15) is 6.23 Å². The van der Waals surface area contributed by atoms with Crippen molar-refractivity contribution < 1.29 is 19.5 Å². The number of ether oxygens (including phenoxy) is 1. The van der Waals surface area contributed by atoms with Crippen LogP contribution < -0.4 is 5.59 Å². The van der Waals surface area contributed by atoms with Crippen LogP contribution in [-0.2, 0) is 9.39 Å². The van der Waals surface area contributed by atoms with Gasteiger partial charge in [-0.25, -0.2) is 4.98 Å². The second-order valence-corrected chi connectivity index (χ2v) is 6.59. The third-order valence-corrected chi connectivity index (χ3v) is 4.29. The molecule has 1 fully saturated rings. The van der Waals surface area contributed by atoms with Gasteiger partial charge in [0.15, 0.2) is 0 Å². The van der Waals surface area contributed by atoms with Gasteiger partial charge in [0, 0.05) is 12.8 Å². The van der Waals surface area contributed by atoms with Gasteiger partial charge in [0.25, 0.3) is 0 Å². The Labute approximate surface area is 126 Å². The van der Waals surface area contributed by atoms with Crippen molar-refractivity contribution >= 4 is 12.7 Å². The third kappa shape index (κ3) is 3.66. The predicted octanol–water partition coefficient (Wildman–Crippen LogP) is 0.836. The van der Waals surface area contributed by atoms with Crippen LogP contribution in [0.2, 0.25) is 0 Å². The average Bonchev–Trinajstić information content (AvgIpc) is 2.87. The van der Waals surface area contributed by atoms with Crippen molar-refractivity contribution in [2.45, 2.75) is 64.4 Å². The zero-order valence-electron chi connectivity index (χ0n) is 13.2. The minimum atomic E-state index is -1.17. The minimum Gasteiger partial charge on any atom is -0.422 e. The van der Waals surface area contributed by atoms with Crippen molar-refractivity contribution in [2.24, 2.45) is 0 Å². The van der Waals surface area contributed by atoms with E-state index in [4.69, 9.17) is 9.39 Å². The van der Waals surface area contributed by atoms with Crippen molar-refractivity contribution in [3.05, 3.63) is 12.5 Å². The van der Waals surface area contributed by atoms with Gasteiger partial charge >= 0.3 is 7.12 Å². The number of hydrogen-bond donors (Lipinski definition) is 2. The van der Waals surface area contributed by atoms with E-state index in [2.05, 4.69) is 4.98 Å². The Morgan fingerprint density at radius 1 is 1.38 bits per heavy atom. The van der Waals surface area contributed by atoms with Crippen LogP contribution in [0.25, 0.3) is 0 Å². The molecule has 1 aromatic rings. The van der Waals surface area contributed by atoms with E-state index < -0.39 is 18.3 Å². The summed E-state index contributed by atoms with van der Waals surface area (Å²) in [5, 5.41) is 20.5. The van der Waals surface area contributed by atoms with Gasteiger partial charge in [-0.2, -0.15) is 0 Å². The molecule has 2 N–H and O–H groups in total. The molecule has 1 aromatic heterocycles. The molecule has 0 bridgehead atoms. The number of hydrogen-bond acceptors (Lipinski definition) is 5. The molecule has 0 radical (unpaired) electrons. The van der Waals surface area contributed by atoms with E-state index in [0.29, 0.717) is 12.2 Å². The summed E-state index contributed by atoms with van der Waals surface area (Å²) in [5.74, 6) is 0. The highest BCUT2D eigenvalue weighted by atomic mass is 16.6. The standard InChI is InChI=1S/C14H25BN2O4/c1-13(2,18)14(3,4)21-15(19)11-9-16-10-17(11)12-7-5-6-8-20-12/h9-10,12,18-19H,5-8H2,1-4H3. The maximum atomic E-state index is 10.4. The van der Waals surface area contributed by atoms with Crippen LogP contribution in [0.1, 0.15) is 53.2 Å². The number of rotatable bonds is 5. The molecular formula is C14H25BN2O4. The van der Waals surface area contributed by atoms with Crippen LogP contribution in [0.15, 0.2) is 12.5 Å². The van der Waals surface area contributed by atoms with Gasteiger partial charge in [-0.15, -0.1) is 0 Å². The molecule has 0 aromatic carbocycles. The van der Waals surface area contributed by atoms with Crippen LogP contribution in [0.3, 0.4) is 0 Å². The van der Waals surface area contributed by atoms with Gasteiger partial charge in [-0.1, -0.05) is 0 Å². The summed E-state index contributed by atoms with van der Waals surface area (Å²) in [7, 11) is -1.17. The Morgan fingerprint density at radius 2 is 2.10 bits per heavy atom. The van der Waals surface area contributed by atoms with E-state index in [-0.39, 0.29) is 6.23 Å². The Morgan fingerprint density at radius 3 is 2.67 bits per heavy atom. The summed E-state index contributed by atoms with van der Waals surface area (Å²) in [5.41, 5.74) is -1.45. The lowest BCUT2D eigenvalue weighted by Gasteiger charge is -2.38. The van der Waals surface area contributed by atoms with Crippen LogP contribution in [-0.4, -0.2) is 44.6 Å². The number of nitrogens with zero attached hydrogens (tertiary/aromatic N) is 2. The molecule has 6 nitrogen and oxygen atoms in total. The molecular weight excluding hydrogens is 271 g/mol. The molecule has 118 valence electrons. The Balaban J connectivity index is 2.13. The first-order valence-corrected chi connectivity index (χ1v) is 7.44. The van der Waals surface area contributed by atoms with Gasteiger partial charge in [0.05, 0.1) is 23.1 Å². The molecule has 1 unspecified atom stereocenters. The summed E-state index contributed by atoms with van der Waals surface area (Å²) in [6, 6.07) is 0. The molecule has 2 heterocycles. The SMILES string of the molecule is CC(C)(O)C(C)(C)OB(O)c1cncn1C1CCCCO1. The summed E-state index contributed by atoms with van der Waals surface area (Å²) in [6.07, 6.45) is 6.16. The van der Waals surface area contributed by atoms with E-state index in [9.17, 15) is 10.1 Å². The molecule has 7 heteroatoms. The Bertz CT molecular complexity index is 464. The van der Waals surface area contributed by atoms with Crippen LogP contribution in [0, 0.1) is 0 Å². The number of aromatic nitrogens is 2. The lowest BCUT2D eigenvalue weighted by Crippen LogP contribution is -2.54. The van der Waals surface area contributed by atoms with E-state index in [1.54, 1.807) is 40.2 Å². The summed E-state index contributed by atoms with van der Waals surface area (Å²) >= 11 is 0. The quantitative estimate of drug-likeness (QED) is 0.787. The van der Waals surface area contributed by atoms with E-state index in [1.807, 2.05) is 4.57 Å². The molecule has 0 amide bonds. The fraction of sp³-hybridized carbons (Fsp3) is 0.786. The van der Waals surface area contributed by atoms with E-state index >= 15 is 0 Å². The fourth-order valence-electron chi connectivity index (χ4n) is 2.17. The molecule has 1 aliphatic rings. The highest BCUT2D eigenvalue weighted by Gasteiger charge is 2.40. The highest BCUT2D eigenvalue weighted by molar-refractivity contribution is 6.59. The maximum absolute atomic E-state index is 10.4. The van der Waals surface area contributed by atoms with Crippen molar-refractivity contribution in [1.82, 2.24) is 9.55 Å². The second kappa shape index (κ2) is 6.08. The normalized spacial score (nSPS) is 20.6. The molecule has 0 saturated carbocycles. The first-order chi connectivity index (χ1) is 9.72. The minimum absolute atomic E-state index is 0.111. The highest BCUT2D eigenvalue weighted by Crippen LogP contribution is 2.26. The monoisotopic (exact) mass is 296 g/mol. The predicted molar refractivity (Wildman–Crippen MR) is 80.1 cm³/mol. The fourth-order valence-corrected chi connectivity index (χ4v) is 2.17. The Hall–Kier alpha value is -0.885. The molecule has 21 heavy (non-hydrogen) atoms. The van der Waals surface area contributed by atoms with Gasteiger partial charge < -0.3 is 24.1 Å². The van der Waals surface area contributed by atoms with Crippen LogP contribution >= 0.6 is 0 Å². The summed E-state index contributed by atoms with van der Waals surface area (Å²) in [4.78, 5) is 4.09. The second-order valence-electron chi connectivity index (χ2n) is 6.59. The Kier molecular flexibility index (Phi) is 4.77. The van der Waals surface area contributed by atoms with E-state index in [0.717, 1.165) is 19.3 Å². The van der Waals surface area contributed by atoms with Gasteiger partial charge in [-0.05, 0) is 47.0 Å². The molecule has 0 aliphatic carbocycles. The number of imidazole rings is 1. The smallest absolute Gasteiger partial charge is 0.422 e. The van der Waals surface area contributed by atoms with Crippen LogP contribution in [0.4, 0.5) is 0 Å². The zero-order valence-corrected chi connectivity index (χ0v) is 13.2. The number of aliphatic hydroxyl groups is 1. The molecule has 2 rings (SSSR count). The molecule has 1 saturated heterocycles. The molecule has 0 spiro atoms. The topological polar surface area (TPSA) is 76.7 Å². The maximum Gasteiger partial charge on any atom is 0.510 e. The average molecular weight is 296 g/mol. The van der Waals surface area contributed by atoms with Crippen molar-refractivity contribution in [2.75, 3.05) is 6.61 Å². The van der Waals surface area contributed by atoms with Crippen molar-refractivity contribution in [3.63, 3.8) is 0 Å². The van der Waals surface area contributed by atoms with Gasteiger partial charge in [-0.3, -0.25) is 0 Å². The van der Waals surface area contributed by atoms with Crippen molar-refractivity contribution in [1.29, 1.82) is 0 Å². The van der Waals surface area contributed by atoms with Crippen molar-refractivity contribution in [3.8, 4) is 0 Å². The molecule has 1 aliphatic heterocycles. The third-order valence-electron chi connectivity index (χ3n) is 4.29. The zero-order chi connectivity index (χ0) is 15.7.